The monoisotopic (exact) mass is 172 g/mol. The summed E-state index contributed by atoms with van der Waals surface area (Å²) in [6, 6.07) is 0.879. The summed E-state index contributed by atoms with van der Waals surface area (Å²) in [5.41, 5.74) is 5.96. The molecular weight excluding hydrogens is 152 g/mol. The second-order valence-corrected chi connectivity index (χ2v) is 3.50. The van der Waals surface area contributed by atoms with E-state index in [2.05, 4.69) is 5.32 Å². The topological polar surface area (TPSA) is 47.3 Å². The second-order valence-electron chi connectivity index (χ2n) is 3.50. The van der Waals surface area contributed by atoms with Gasteiger partial charge in [-0.15, -0.1) is 0 Å². The minimum atomic E-state index is 0.357. The molecule has 0 bridgehead atoms. The first-order valence-corrected chi connectivity index (χ1v) is 4.82. The van der Waals surface area contributed by atoms with Crippen molar-refractivity contribution in [3.05, 3.63) is 0 Å². The predicted octanol–water partition coefficient (Wildman–Crippen LogP) is 0.492. The van der Waals surface area contributed by atoms with E-state index in [-0.39, 0.29) is 0 Å². The molecule has 0 heterocycles. The number of nitrogens with two attached hydrogens (primary N) is 1. The molecule has 3 N–H and O–H groups in total. The van der Waals surface area contributed by atoms with Crippen LogP contribution in [0.2, 0.25) is 0 Å². The molecule has 0 aromatic heterocycles. The van der Waals surface area contributed by atoms with Crippen LogP contribution in [0.25, 0.3) is 0 Å². The van der Waals surface area contributed by atoms with Crippen LogP contribution in [0.3, 0.4) is 0 Å². The summed E-state index contributed by atoms with van der Waals surface area (Å²) < 4.78 is 4.96. The van der Waals surface area contributed by atoms with Crippen LogP contribution in [0.1, 0.15) is 25.7 Å². The van der Waals surface area contributed by atoms with Crippen molar-refractivity contribution in [1.82, 2.24) is 5.32 Å². The van der Waals surface area contributed by atoms with Gasteiger partial charge in [-0.1, -0.05) is 12.8 Å². The molecule has 1 aliphatic carbocycles. The van der Waals surface area contributed by atoms with Gasteiger partial charge in [0, 0.05) is 25.7 Å². The third kappa shape index (κ3) is 3.09. The Balaban J connectivity index is 2.11. The highest BCUT2D eigenvalue weighted by molar-refractivity contribution is 4.83. The van der Waals surface area contributed by atoms with Crippen LogP contribution < -0.4 is 11.1 Å². The summed E-state index contributed by atoms with van der Waals surface area (Å²) in [5.74, 6) is 0. The zero-order chi connectivity index (χ0) is 8.81. The van der Waals surface area contributed by atoms with Gasteiger partial charge in [-0.2, -0.15) is 0 Å². The highest BCUT2D eigenvalue weighted by Crippen LogP contribution is 2.16. The molecule has 0 aromatic carbocycles. The molecule has 0 amide bonds. The van der Waals surface area contributed by atoms with Gasteiger partial charge in [-0.05, 0) is 12.8 Å². The van der Waals surface area contributed by atoms with Gasteiger partial charge in [0.2, 0.25) is 0 Å². The molecule has 3 nitrogen and oxygen atoms in total. The standard InChI is InChI=1S/C9H20N2O/c1-12-7-6-11-9-5-3-2-4-8(9)10/h8-9,11H,2-7,10H2,1H3. The van der Waals surface area contributed by atoms with Gasteiger partial charge in [-0.3, -0.25) is 0 Å². The van der Waals surface area contributed by atoms with Crippen LogP contribution >= 0.6 is 0 Å². The van der Waals surface area contributed by atoms with Gasteiger partial charge >= 0.3 is 0 Å². The molecular formula is C9H20N2O. The molecule has 0 saturated heterocycles. The van der Waals surface area contributed by atoms with E-state index in [0.29, 0.717) is 12.1 Å². The highest BCUT2D eigenvalue weighted by atomic mass is 16.5. The Morgan fingerprint density at radius 3 is 2.83 bits per heavy atom. The van der Waals surface area contributed by atoms with Crippen LogP contribution in [0.4, 0.5) is 0 Å². The summed E-state index contributed by atoms with van der Waals surface area (Å²) in [7, 11) is 1.72. The number of nitrogens with one attached hydrogen (secondary N) is 1. The Bertz CT molecular complexity index is 119. The highest BCUT2D eigenvalue weighted by Gasteiger charge is 2.20. The molecule has 1 rings (SSSR count). The summed E-state index contributed by atoms with van der Waals surface area (Å²) >= 11 is 0. The Morgan fingerprint density at radius 2 is 2.17 bits per heavy atom. The van der Waals surface area contributed by atoms with E-state index in [0.717, 1.165) is 13.2 Å². The van der Waals surface area contributed by atoms with Gasteiger partial charge in [0.25, 0.3) is 0 Å². The van der Waals surface area contributed by atoms with E-state index >= 15 is 0 Å². The van der Waals surface area contributed by atoms with Crippen LogP contribution in [-0.4, -0.2) is 32.3 Å². The van der Waals surface area contributed by atoms with Crippen molar-refractivity contribution in [2.45, 2.75) is 37.8 Å². The van der Waals surface area contributed by atoms with E-state index < -0.39 is 0 Å². The van der Waals surface area contributed by atoms with Crippen LogP contribution in [0, 0.1) is 0 Å². The quantitative estimate of drug-likeness (QED) is 0.607. The van der Waals surface area contributed by atoms with E-state index in [1.165, 1.54) is 25.7 Å². The average molecular weight is 172 g/mol. The molecule has 3 heteroatoms. The zero-order valence-corrected chi connectivity index (χ0v) is 7.88. The minimum Gasteiger partial charge on any atom is -0.383 e. The first-order valence-electron chi connectivity index (χ1n) is 4.82. The number of methoxy groups -OCH3 is 1. The number of hydrogen-bond donors (Lipinski definition) is 2. The number of hydrogen-bond acceptors (Lipinski definition) is 3. The molecule has 0 radical (unpaired) electrons. The van der Waals surface area contributed by atoms with Crippen LogP contribution in [0.5, 0.6) is 0 Å². The molecule has 0 aromatic rings. The van der Waals surface area contributed by atoms with E-state index in [1.807, 2.05) is 0 Å². The third-order valence-corrected chi connectivity index (χ3v) is 2.53. The predicted molar refractivity (Wildman–Crippen MR) is 50.1 cm³/mol. The second kappa shape index (κ2) is 5.51. The minimum absolute atomic E-state index is 0.357. The smallest absolute Gasteiger partial charge is 0.0587 e. The summed E-state index contributed by atoms with van der Waals surface area (Å²) in [6.45, 7) is 1.71. The Hall–Kier alpha value is -0.120. The van der Waals surface area contributed by atoms with Gasteiger partial charge in [0.05, 0.1) is 6.61 Å². The maximum Gasteiger partial charge on any atom is 0.0587 e. The largest absolute Gasteiger partial charge is 0.383 e. The van der Waals surface area contributed by atoms with Gasteiger partial charge in [0.15, 0.2) is 0 Å². The normalized spacial score (nSPS) is 30.5. The van der Waals surface area contributed by atoms with Crippen molar-refractivity contribution in [2.75, 3.05) is 20.3 Å². The lowest BCUT2D eigenvalue weighted by Gasteiger charge is -2.29. The fourth-order valence-electron chi connectivity index (χ4n) is 1.76. The lowest BCUT2D eigenvalue weighted by Crippen LogP contribution is -2.47. The average Bonchev–Trinajstić information content (AvgIpc) is 2.09. The molecule has 0 spiro atoms. The Morgan fingerprint density at radius 1 is 1.42 bits per heavy atom. The van der Waals surface area contributed by atoms with E-state index in [1.54, 1.807) is 7.11 Å². The summed E-state index contributed by atoms with van der Waals surface area (Å²) in [4.78, 5) is 0. The Labute approximate surface area is 74.7 Å². The van der Waals surface area contributed by atoms with Gasteiger partial charge in [0.1, 0.15) is 0 Å². The molecule has 1 saturated carbocycles. The molecule has 0 aliphatic heterocycles. The van der Waals surface area contributed by atoms with Crippen molar-refractivity contribution in [1.29, 1.82) is 0 Å². The van der Waals surface area contributed by atoms with Crippen molar-refractivity contribution < 1.29 is 4.74 Å². The fourth-order valence-corrected chi connectivity index (χ4v) is 1.76. The fraction of sp³-hybridized carbons (Fsp3) is 1.00. The third-order valence-electron chi connectivity index (χ3n) is 2.53. The molecule has 2 atom stereocenters. The van der Waals surface area contributed by atoms with Crippen LogP contribution in [0.15, 0.2) is 0 Å². The maximum absolute atomic E-state index is 5.96. The lowest BCUT2D eigenvalue weighted by molar-refractivity contribution is 0.189. The van der Waals surface area contributed by atoms with Gasteiger partial charge < -0.3 is 15.8 Å². The van der Waals surface area contributed by atoms with Gasteiger partial charge in [-0.25, -0.2) is 0 Å². The summed E-state index contributed by atoms with van der Waals surface area (Å²) in [6.07, 6.45) is 5.01. The first kappa shape index (κ1) is 9.96. The maximum atomic E-state index is 5.96. The molecule has 2 unspecified atom stereocenters. The number of rotatable bonds is 4. The molecule has 72 valence electrons. The Kier molecular flexibility index (Phi) is 4.58. The SMILES string of the molecule is COCCNC1CCCCC1N. The molecule has 12 heavy (non-hydrogen) atoms. The van der Waals surface area contributed by atoms with E-state index in [9.17, 15) is 0 Å². The molecule has 1 fully saturated rings. The van der Waals surface area contributed by atoms with Crippen LogP contribution in [-0.2, 0) is 4.74 Å². The first-order chi connectivity index (χ1) is 5.84. The summed E-state index contributed by atoms with van der Waals surface area (Å²) in [5, 5.41) is 3.42. The van der Waals surface area contributed by atoms with Crippen molar-refractivity contribution >= 4 is 0 Å². The van der Waals surface area contributed by atoms with E-state index in [4.69, 9.17) is 10.5 Å². The van der Waals surface area contributed by atoms with Crippen molar-refractivity contribution in [3.63, 3.8) is 0 Å². The van der Waals surface area contributed by atoms with Crippen molar-refractivity contribution in [3.8, 4) is 0 Å². The zero-order valence-electron chi connectivity index (χ0n) is 7.88. The number of ether oxygens (including phenoxy) is 1. The molecule has 1 aliphatic rings. The van der Waals surface area contributed by atoms with Crippen molar-refractivity contribution in [2.24, 2.45) is 5.73 Å². The lowest BCUT2D eigenvalue weighted by atomic mass is 9.91.